The van der Waals surface area contributed by atoms with Crippen LogP contribution in [0.1, 0.15) is 58.0 Å². The number of rotatable bonds is 8. The zero-order valence-corrected chi connectivity index (χ0v) is 16.5. The van der Waals surface area contributed by atoms with Crippen molar-refractivity contribution in [2.75, 3.05) is 25.6 Å². The van der Waals surface area contributed by atoms with E-state index in [1.165, 1.54) is 0 Å². The first-order valence-electron chi connectivity index (χ1n) is 9.22. The largest absolute Gasteiger partial charge is 0.385 e. The zero-order chi connectivity index (χ0) is 19.8. The molecule has 0 heterocycles. The Morgan fingerprint density at radius 3 is 2.22 bits per heavy atom. The lowest BCUT2D eigenvalue weighted by molar-refractivity contribution is 0.0947. The highest BCUT2D eigenvalue weighted by molar-refractivity contribution is 6.05. The number of hydrogen-bond donors (Lipinski definition) is 2. The van der Waals surface area contributed by atoms with Crippen LogP contribution in [-0.2, 0) is 4.74 Å². The van der Waals surface area contributed by atoms with E-state index < -0.39 is 0 Å². The molecule has 0 aromatic heterocycles. The molecular weight excluding hydrogens is 340 g/mol. The molecule has 0 aliphatic heterocycles. The number of hydrogen-bond acceptors (Lipinski definition) is 3. The topological polar surface area (TPSA) is 67.4 Å². The normalized spacial score (nSPS) is 10.7. The van der Waals surface area contributed by atoms with Gasteiger partial charge in [-0.3, -0.25) is 9.59 Å². The SMILES string of the molecule is COCCCNC(=O)c1ccc(C(=O)Nc2c(C)cccc2C(C)C)cc1. The van der Waals surface area contributed by atoms with Gasteiger partial charge in [-0.05, 0) is 54.7 Å². The summed E-state index contributed by atoms with van der Waals surface area (Å²) in [7, 11) is 1.63. The molecule has 2 rings (SSSR count). The predicted octanol–water partition coefficient (Wildman–Crippen LogP) is 4.14. The number of methoxy groups -OCH3 is 1. The number of nitrogens with one attached hydrogen (secondary N) is 2. The molecule has 144 valence electrons. The van der Waals surface area contributed by atoms with Crippen LogP contribution in [-0.4, -0.2) is 32.1 Å². The van der Waals surface area contributed by atoms with Crippen LogP contribution in [0, 0.1) is 6.92 Å². The number of carbonyl (C=O) groups is 2. The summed E-state index contributed by atoms with van der Waals surface area (Å²) >= 11 is 0. The van der Waals surface area contributed by atoms with E-state index in [1.54, 1.807) is 31.4 Å². The molecule has 27 heavy (non-hydrogen) atoms. The Balaban J connectivity index is 2.05. The van der Waals surface area contributed by atoms with Crippen molar-refractivity contribution < 1.29 is 14.3 Å². The van der Waals surface area contributed by atoms with Crippen LogP contribution in [0.5, 0.6) is 0 Å². The minimum absolute atomic E-state index is 0.154. The number of anilines is 1. The average molecular weight is 368 g/mol. The fraction of sp³-hybridized carbons (Fsp3) is 0.364. The van der Waals surface area contributed by atoms with Gasteiger partial charge < -0.3 is 15.4 Å². The summed E-state index contributed by atoms with van der Waals surface area (Å²) in [4.78, 5) is 24.7. The molecule has 2 aromatic carbocycles. The van der Waals surface area contributed by atoms with Crippen LogP contribution in [0.4, 0.5) is 5.69 Å². The van der Waals surface area contributed by atoms with E-state index in [0.29, 0.717) is 30.2 Å². The van der Waals surface area contributed by atoms with Crippen molar-refractivity contribution in [1.82, 2.24) is 5.32 Å². The second-order valence-electron chi connectivity index (χ2n) is 6.83. The summed E-state index contributed by atoms with van der Waals surface area (Å²) < 4.78 is 4.96. The Labute approximate surface area is 161 Å². The standard InChI is InChI=1S/C22H28N2O3/c1-15(2)19-8-5-7-16(3)20(19)24-22(26)18-11-9-17(10-12-18)21(25)23-13-6-14-27-4/h5,7-12,15H,6,13-14H2,1-4H3,(H,23,25)(H,24,26). The van der Waals surface area contributed by atoms with E-state index in [0.717, 1.165) is 23.2 Å². The molecule has 0 radical (unpaired) electrons. The lowest BCUT2D eigenvalue weighted by Gasteiger charge is -2.16. The second-order valence-corrected chi connectivity index (χ2v) is 6.83. The van der Waals surface area contributed by atoms with E-state index >= 15 is 0 Å². The summed E-state index contributed by atoms with van der Waals surface area (Å²) in [5, 5.41) is 5.85. The molecule has 0 saturated carbocycles. The zero-order valence-electron chi connectivity index (χ0n) is 16.5. The monoisotopic (exact) mass is 368 g/mol. The number of amides is 2. The van der Waals surface area contributed by atoms with Crippen LogP contribution < -0.4 is 10.6 Å². The molecule has 2 N–H and O–H groups in total. The smallest absolute Gasteiger partial charge is 0.255 e. The van der Waals surface area contributed by atoms with Gasteiger partial charge in [0.2, 0.25) is 0 Å². The van der Waals surface area contributed by atoms with Gasteiger partial charge in [0.05, 0.1) is 0 Å². The van der Waals surface area contributed by atoms with Gasteiger partial charge in [0.1, 0.15) is 0 Å². The van der Waals surface area contributed by atoms with Crippen molar-refractivity contribution in [1.29, 1.82) is 0 Å². The van der Waals surface area contributed by atoms with Crippen LogP contribution in [0.25, 0.3) is 0 Å². The lowest BCUT2D eigenvalue weighted by Crippen LogP contribution is -2.25. The molecule has 0 aliphatic rings. The summed E-state index contributed by atoms with van der Waals surface area (Å²) in [6.07, 6.45) is 0.761. The summed E-state index contributed by atoms with van der Waals surface area (Å²) in [5.41, 5.74) is 4.04. The first-order valence-corrected chi connectivity index (χ1v) is 9.22. The van der Waals surface area contributed by atoms with Crippen LogP contribution in [0.2, 0.25) is 0 Å². The van der Waals surface area contributed by atoms with Crippen molar-refractivity contribution in [2.45, 2.75) is 33.1 Å². The molecule has 2 amide bonds. The van der Waals surface area contributed by atoms with Crippen LogP contribution in [0.3, 0.4) is 0 Å². The van der Waals surface area contributed by atoms with E-state index in [4.69, 9.17) is 4.74 Å². The maximum absolute atomic E-state index is 12.6. The van der Waals surface area contributed by atoms with Crippen molar-refractivity contribution in [2.24, 2.45) is 0 Å². The minimum Gasteiger partial charge on any atom is -0.385 e. The van der Waals surface area contributed by atoms with Crippen LogP contribution in [0.15, 0.2) is 42.5 Å². The van der Waals surface area contributed by atoms with Crippen molar-refractivity contribution in [3.05, 3.63) is 64.7 Å². The maximum Gasteiger partial charge on any atom is 0.255 e. The fourth-order valence-electron chi connectivity index (χ4n) is 2.82. The summed E-state index contributed by atoms with van der Waals surface area (Å²) in [6.45, 7) is 7.35. The molecule has 0 unspecified atom stereocenters. The average Bonchev–Trinajstić information content (AvgIpc) is 2.66. The number of carbonyl (C=O) groups excluding carboxylic acids is 2. The van der Waals surface area contributed by atoms with Gasteiger partial charge in [-0.2, -0.15) is 0 Å². The second kappa shape index (κ2) is 9.88. The highest BCUT2D eigenvalue weighted by atomic mass is 16.5. The number of para-hydroxylation sites is 1. The quantitative estimate of drug-likeness (QED) is 0.688. The number of ether oxygens (including phenoxy) is 1. The minimum atomic E-state index is -0.182. The Morgan fingerprint density at radius 2 is 1.63 bits per heavy atom. The molecule has 0 saturated heterocycles. The third-order valence-electron chi connectivity index (χ3n) is 4.39. The lowest BCUT2D eigenvalue weighted by atomic mass is 9.98. The third-order valence-corrected chi connectivity index (χ3v) is 4.39. The van der Waals surface area contributed by atoms with Crippen molar-refractivity contribution in [3.63, 3.8) is 0 Å². The Kier molecular flexibility index (Phi) is 7.55. The molecule has 0 fully saturated rings. The molecule has 2 aromatic rings. The molecule has 0 bridgehead atoms. The van der Waals surface area contributed by atoms with Gasteiger partial charge in [0.15, 0.2) is 0 Å². The molecule has 0 aliphatic carbocycles. The van der Waals surface area contributed by atoms with Gasteiger partial charge in [-0.1, -0.05) is 32.0 Å². The van der Waals surface area contributed by atoms with E-state index in [1.807, 2.05) is 25.1 Å². The van der Waals surface area contributed by atoms with E-state index in [-0.39, 0.29) is 11.8 Å². The molecule has 0 spiro atoms. The van der Waals surface area contributed by atoms with Crippen LogP contribution >= 0.6 is 0 Å². The highest BCUT2D eigenvalue weighted by Crippen LogP contribution is 2.27. The highest BCUT2D eigenvalue weighted by Gasteiger charge is 2.14. The number of benzene rings is 2. The first-order chi connectivity index (χ1) is 12.9. The summed E-state index contributed by atoms with van der Waals surface area (Å²) in [6, 6.07) is 12.7. The Bertz CT molecular complexity index is 783. The third kappa shape index (κ3) is 5.66. The first kappa shape index (κ1) is 20.6. The molecule has 5 nitrogen and oxygen atoms in total. The Hall–Kier alpha value is -2.66. The van der Waals surface area contributed by atoms with Gasteiger partial charge in [0.25, 0.3) is 11.8 Å². The summed E-state index contributed by atoms with van der Waals surface area (Å²) in [5.74, 6) is -0.0262. The molecular formula is C22H28N2O3. The van der Waals surface area contributed by atoms with Gasteiger partial charge in [0, 0.05) is 37.1 Å². The Morgan fingerprint density at radius 1 is 1.00 bits per heavy atom. The van der Waals surface area contributed by atoms with Crippen molar-refractivity contribution in [3.8, 4) is 0 Å². The van der Waals surface area contributed by atoms with E-state index in [9.17, 15) is 9.59 Å². The van der Waals surface area contributed by atoms with Gasteiger partial charge >= 0.3 is 0 Å². The fourth-order valence-corrected chi connectivity index (χ4v) is 2.82. The van der Waals surface area contributed by atoms with Gasteiger partial charge in [-0.15, -0.1) is 0 Å². The van der Waals surface area contributed by atoms with E-state index in [2.05, 4.69) is 24.5 Å². The predicted molar refractivity (Wildman–Crippen MR) is 108 cm³/mol. The van der Waals surface area contributed by atoms with Crippen molar-refractivity contribution >= 4 is 17.5 Å². The molecule has 5 heteroatoms. The molecule has 0 atom stereocenters. The van der Waals surface area contributed by atoms with Gasteiger partial charge in [-0.25, -0.2) is 0 Å². The number of aryl methyl sites for hydroxylation is 1. The maximum atomic E-state index is 12.6.